The lowest BCUT2D eigenvalue weighted by molar-refractivity contribution is 0.471. The Morgan fingerprint density at radius 3 is 2.83 bits per heavy atom. The van der Waals surface area contributed by atoms with E-state index >= 15 is 0 Å². The highest BCUT2D eigenvalue weighted by atomic mass is 16.3. The molecule has 0 aliphatic heterocycles. The third kappa shape index (κ3) is 1.91. The molecule has 2 heteroatoms. The number of nitrogens with one attached hydrogen (secondary N) is 1. The summed E-state index contributed by atoms with van der Waals surface area (Å²) >= 11 is 0. The fourth-order valence-corrected chi connectivity index (χ4v) is 1.07. The molecule has 0 unspecified atom stereocenters. The fourth-order valence-electron chi connectivity index (χ4n) is 1.07. The Bertz CT molecular complexity index is 258. The van der Waals surface area contributed by atoms with Crippen molar-refractivity contribution < 1.29 is 5.11 Å². The third-order valence-electron chi connectivity index (χ3n) is 1.87. The Morgan fingerprint density at radius 1 is 1.42 bits per heavy atom. The predicted octanol–water partition coefficient (Wildman–Crippen LogP) is 2.52. The SMILES string of the molecule is CCCNc1cccc(O)c1C. The van der Waals surface area contributed by atoms with E-state index in [0.717, 1.165) is 24.2 Å². The molecular weight excluding hydrogens is 150 g/mol. The van der Waals surface area contributed by atoms with Gasteiger partial charge in [0.1, 0.15) is 5.75 Å². The number of aromatic hydroxyl groups is 1. The van der Waals surface area contributed by atoms with Crippen LogP contribution in [-0.4, -0.2) is 11.7 Å². The highest BCUT2D eigenvalue weighted by molar-refractivity contribution is 5.56. The van der Waals surface area contributed by atoms with Gasteiger partial charge in [-0.05, 0) is 25.5 Å². The Balaban J connectivity index is 2.78. The van der Waals surface area contributed by atoms with E-state index in [0.29, 0.717) is 5.75 Å². The molecule has 66 valence electrons. The van der Waals surface area contributed by atoms with Crippen molar-refractivity contribution in [2.75, 3.05) is 11.9 Å². The van der Waals surface area contributed by atoms with Crippen LogP contribution in [0.1, 0.15) is 18.9 Å². The molecule has 0 aromatic heterocycles. The number of hydrogen-bond donors (Lipinski definition) is 2. The van der Waals surface area contributed by atoms with Crippen molar-refractivity contribution in [3.05, 3.63) is 23.8 Å². The monoisotopic (exact) mass is 165 g/mol. The van der Waals surface area contributed by atoms with Crippen LogP contribution in [0.2, 0.25) is 0 Å². The van der Waals surface area contributed by atoms with E-state index in [1.807, 2.05) is 19.1 Å². The summed E-state index contributed by atoms with van der Waals surface area (Å²) < 4.78 is 0. The summed E-state index contributed by atoms with van der Waals surface area (Å²) in [5.41, 5.74) is 1.95. The Morgan fingerprint density at radius 2 is 2.17 bits per heavy atom. The van der Waals surface area contributed by atoms with Gasteiger partial charge in [-0.15, -0.1) is 0 Å². The van der Waals surface area contributed by atoms with Gasteiger partial charge in [0.25, 0.3) is 0 Å². The van der Waals surface area contributed by atoms with E-state index in [4.69, 9.17) is 0 Å². The zero-order chi connectivity index (χ0) is 8.97. The largest absolute Gasteiger partial charge is 0.508 e. The summed E-state index contributed by atoms with van der Waals surface area (Å²) in [5, 5.41) is 12.6. The Kier molecular flexibility index (Phi) is 2.97. The van der Waals surface area contributed by atoms with E-state index in [9.17, 15) is 5.11 Å². The molecule has 2 N–H and O–H groups in total. The molecule has 0 amide bonds. The van der Waals surface area contributed by atoms with E-state index in [1.165, 1.54) is 0 Å². The van der Waals surface area contributed by atoms with E-state index in [1.54, 1.807) is 6.07 Å². The maximum atomic E-state index is 9.36. The minimum absolute atomic E-state index is 0.358. The van der Waals surface area contributed by atoms with Gasteiger partial charge < -0.3 is 10.4 Å². The Hall–Kier alpha value is -1.18. The van der Waals surface area contributed by atoms with Crippen LogP contribution in [0.4, 0.5) is 5.69 Å². The molecule has 0 saturated heterocycles. The van der Waals surface area contributed by atoms with Gasteiger partial charge >= 0.3 is 0 Å². The van der Waals surface area contributed by atoms with Crippen molar-refractivity contribution in [1.82, 2.24) is 0 Å². The lowest BCUT2D eigenvalue weighted by atomic mass is 10.2. The average molecular weight is 165 g/mol. The first-order chi connectivity index (χ1) is 5.75. The molecule has 1 rings (SSSR count). The van der Waals surface area contributed by atoms with E-state index in [-0.39, 0.29) is 0 Å². The number of hydrogen-bond acceptors (Lipinski definition) is 2. The topological polar surface area (TPSA) is 32.3 Å². The number of anilines is 1. The molecule has 1 aromatic rings. The van der Waals surface area contributed by atoms with Gasteiger partial charge in [-0.1, -0.05) is 13.0 Å². The second-order valence-corrected chi connectivity index (χ2v) is 2.88. The Labute approximate surface area is 73.2 Å². The first-order valence-electron chi connectivity index (χ1n) is 4.28. The second-order valence-electron chi connectivity index (χ2n) is 2.88. The summed E-state index contributed by atoms with van der Waals surface area (Å²) in [6.45, 7) is 4.97. The molecule has 0 radical (unpaired) electrons. The van der Waals surface area contributed by atoms with Crippen molar-refractivity contribution in [2.24, 2.45) is 0 Å². The van der Waals surface area contributed by atoms with E-state index in [2.05, 4.69) is 12.2 Å². The van der Waals surface area contributed by atoms with Gasteiger partial charge in [-0.3, -0.25) is 0 Å². The first kappa shape index (κ1) is 8.91. The summed E-state index contributed by atoms with van der Waals surface area (Å²) in [5.74, 6) is 0.358. The molecule has 0 spiro atoms. The van der Waals surface area contributed by atoms with Crippen molar-refractivity contribution in [2.45, 2.75) is 20.3 Å². The normalized spacial score (nSPS) is 9.83. The zero-order valence-corrected chi connectivity index (χ0v) is 7.59. The number of phenols is 1. The van der Waals surface area contributed by atoms with Gasteiger partial charge in [0, 0.05) is 17.8 Å². The van der Waals surface area contributed by atoms with Gasteiger partial charge in [0.15, 0.2) is 0 Å². The summed E-state index contributed by atoms with van der Waals surface area (Å²) in [6, 6.07) is 5.53. The van der Waals surface area contributed by atoms with Gasteiger partial charge in [-0.2, -0.15) is 0 Å². The third-order valence-corrected chi connectivity index (χ3v) is 1.87. The molecule has 0 fully saturated rings. The lowest BCUT2D eigenvalue weighted by Gasteiger charge is -2.08. The maximum absolute atomic E-state index is 9.36. The molecule has 0 bridgehead atoms. The summed E-state index contributed by atoms with van der Waals surface area (Å²) in [4.78, 5) is 0. The standard InChI is InChI=1S/C10H15NO/c1-3-7-11-9-5-4-6-10(12)8(9)2/h4-6,11-12H,3,7H2,1-2H3. The zero-order valence-electron chi connectivity index (χ0n) is 7.59. The molecular formula is C10H15NO. The average Bonchev–Trinajstić information content (AvgIpc) is 2.08. The molecule has 12 heavy (non-hydrogen) atoms. The predicted molar refractivity (Wildman–Crippen MR) is 51.6 cm³/mol. The maximum Gasteiger partial charge on any atom is 0.120 e. The van der Waals surface area contributed by atoms with Crippen LogP contribution in [0.3, 0.4) is 0 Å². The van der Waals surface area contributed by atoms with Crippen molar-refractivity contribution in [3.63, 3.8) is 0 Å². The van der Waals surface area contributed by atoms with Gasteiger partial charge in [0.05, 0.1) is 0 Å². The van der Waals surface area contributed by atoms with E-state index < -0.39 is 0 Å². The van der Waals surface area contributed by atoms with Crippen molar-refractivity contribution in [1.29, 1.82) is 0 Å². The van der Waals surface area contributed by atoms with Crippen LogP contribution in [0.5, 0.6) is 5.75 Å². The number of rotatable bonds is 3. The van der Waals surface area contributed by atoms with Crippen LogP contribution in [0.25, 0.3) is 0 Å². The quantitative estimate of drug-likeness (QED) is 0.721. The first-order valence-corrected chi connectivity index (χ1v) is 4.28. The fraction of sp³-hybridized carbons (Fsp3) is 0.400. The van der Waals surface area contributed by atoms with Crippen LogP contribution < -0.4 is 5.32 Å². The highest BCUT2D eigenvalue weighted by Crippen LogP contribution is 2.23. The van der Waals surface area contributed by atoms with Gasteiger partial charge in [-0.25, -0.2) is 0 Å². The van der Waals surface area contributed by atoms with Gasteiger partial charge in [0.2, 0.25) is 0 Å². The molecule has 0 atom stereocenters. The summed E-state index contributed by atoms with van der Waals surface area (Å²) in [6.07, 6.45) is 1.09. The number of phenolic OH excluding ortho intramolecular Hbond substituents is 1. The highest BCUT2D eigenvalue weighted by Gasteiger charge is 1.99. The smallest absolute Gasteiger partial charge is 0.120 e. The second kappa shape index (κ2) is 4.00. The summed E-state index contributed by atoms with van der Waals surface area (Å²) in [7, 11) is 0. The van der Waals surface area contributed by atoms with Crippen molar-refractivity contribution >= 4 is 5.69 Å². The van der Waals surface area contributed by atoms with Crippen LogP contribution in [0.15, 0.2) is 18.2 Å². The van der Waals surface area contributed by atoms with Crippen LogP contribution >= 0.6 is 0 Å². The minimum atomic E-state index is 0.358. The molecule has 0 aliphatic rings. The molecule has 0 aliphatic carbocycles. The molecule has 1 aromatic carbocycles. The lowest BCUT2D eigenvalue weighted by Crippen LogP contribution is -2.00. The van der Waals surface area contributed by atoms with Crippen LogP contribution in [-0.2, 0) is 0 Å². The minimum Gasteiger partial charge on any atom is -0.508 e. The van der Waals surface area contributed by atoms with Crippen LogP contribution in [0, 0.1) is 6.92 Å². The molecule has 2 nitrogen and oxygen atoms in total. The molecule has 0 saturated carbocycles. The molecule has 0 heterocycles. The van der Waals surface area contributed by atoms with Crippen molar-refractivity contribution in [3.8, 4) is 5.75 Å². The number of benzene rings is 1.